The largest absolute Gasteiger partial charge is 0.326 e. The summed E-state index contributed by atoms with van der Waals surface area (Å²) < 4.78 is 0. The molecule has 0 aromatic rings. The van der Waals surface area contributed by atoms with Gasteiger partial charge in [-0.15, -0.1) is 0 Å². The lowest BCUT2D eigenvalue weighted by molar-refractivity contribution is 0.0825. The van der Waals surface area contributed by atoms with Crippen LogP contribution in [0.25, 0.3) is 0 Å². The highest BCUT2D eigenvalue weighted by molar-refractivity contribution is 4.84. The Balaban J connectivity index is 1.77. The van der Waals surface area contributed by atoms with Crippen LogP contribution in [0.15, 0.2) is 0 Å². The highest BCUT2D eigenvalue weighted by Crippen LogP contribution is 2.36. The van der Waals surface area contributed by atoms with E-state index in [0.29, 0.717) is 0 Å². The fourth-order valence-corrected chi connectivity index (χ4v) is 3.33. The zero-order valence-electron chi connectivity index (χ0n) is 11.0. The van der Waals surface area contributed by atoms with Gasteiger partial charge in [-0.25, -0.2) is 0 Å². The number of nitrogens with two attached hydrogens (primary N) is 1. The van der Waals surface area contributed by atoms with Crippen LogP contribution in [-0.2, 0) is 0 Å². The minimum atomic E-state index is 0.00339. The van der Waals surface area contributed by atoms with E-state index in [1.54, 1.807) is 0 Å². The summed E-state index contributed by atoms with van der Waals surface area (Å²) in [6, 6.07) is 0. The monoisotopic (exact) mass is 224 g/mol. The van der Waals surface area contributed by atoms with E-state index in [4.69, 9.17) is 5.73 Å². The van der Waals surface area contributed by atoms with E-state index in [1.807, 2.05) is 0 Å². The molecule has 1 saturated carbocycles. The number of piperidine rings is 1. The van der Waals surface area contributed by atoms with Gasteiger partial charge in [0.1, 0.15) is 0 Å². The molecule has 0 spiro atoms. The van der Waals surface area contributed by atoms with Gasteiger partial charge in [-0.2, -0.15) is 0 Å². The van der Waals surface area contributed by atoms with Crippen molar-refractivity contribution < 1.29 is 0 Å². The average Bonchev–Trinajstić information content (AvgIpc) is 2.25. The molecular weight excluding hydrogens is 196 g/mol. The van der Waals surface area contributed by atoms with Gasteiger partial charge in [0.05, 0.1) is 0 Å². The molecule has 94 valence electrons. The first-order valence-electron chi connectivity index (χ1n) is 7.06. The molecule has 0 amide bonds. The van der Waals surface area contributed by atoms with Crippen LogP contribution < -0.4 is 5.73 Å². The third-order valence-corrected chi connectivity index (χ3v) is 4.45. The Labute approximate surface area is 101 Å². The van der Waals surface area contributed by atoms with Crippen molar-refractivity contribution in [3.8, 4) is 0 Å². The summed E-state index contributed by atoms with van der Waals surface area (Å²) in [4.78, 5) is 2.65. The Morgan fingerprint density at radius 2 is 1.81 bits per heavy atom. The van der Waals surface area contributed by atoms with Gasteiger partial charge in [0.15, 0.2) is 0 Å². The molecule has 1 heterocycles. The van der Waals surface area contributed by atoms with E-state index in [1.165, 1.54) is 51.7 Å². The molecule has 1 aliphatic heterocycles. The Morgan fingerprint density at radius 1 is 1.12 bits per heavy atom. The van der Waals surface area contributed by atoms with Gasteiger partial charge in [-0.1, -0.05) is 19.3 Å². The van der Waals surface area contributed by atoms with E-state index in [9.17, 15) is 0 Å². The molecule has 0 aromatic heterocycles. The van der Waals surface area contributed by atoms with Crippen LogP contribution >= 0.6 is 0 Å². The average molecular weight is 224 g/mol. The van der Waals surface area contributed by atoms with Gasteiger partial charge in [-0.3, -0.25) is 0 Å². The summed E-state index contributed by atoms with van der Waals surface area (Å²) in [5.74, 6) is 2.05. The minimum Gasteiger partial charge on any atom is -0.326 e. The summed E-state index contributed by atoms with van der Waals surface area (Å²) in [6.45, 7) is 8.14. The van der Waals surface area contributed by atoms with E-state index in [0.717, 1.165) is 18.3 Å². The lowest BCUT2D eigenvalue weighted by Crippen LogP contribution is -2.44. The van der Waals surface area contributed by atoms with Gasteiger partial charge in [0.25, 0.3) is 0 Å². The van der Waals surface area contributed by atoms with Crippen molar-refractivity contribution in [2.75, 3.05) is 19.6 Å². The molecule has 2 aliphatic rings. The number of rotatable bonds is 3. The molecule has 2 unspecified atom stereocenters. The third kappa shape index (κ3) is 3.46. The van der Waals surface area contributed by atoms with Crippen LogP contribution in [0, 0.1) is 11.8 Å². The molecule has 2 fully saturated rings. The molecule has 0 radical (unpaired) electrons. The number of hydrogen-bond donors (Lipinski definition) is 1. The smallest absolute Gasteiger partial charge is 0.0109 e. The van der Waals surface area contributed by atoms with Crippen LogP contribution in [0.3, 0.4) is 0 Å². The summed E-state index contributed by atoms with van der Waals surface area (Å²) in [5, 5.41) is 0. The highest BCUT2D eigenvalue weighted by atomic mass is 15.1. The van der Waals surface area contributed by atoms with Crippen molar-refractivity contribution in [1.29, 1.82) is 0 Å². The second kappa shape index (κ2) is 5.05. The first kappa shape index (κ1) is 12.4. The highest BCUT2D eigenvalue weighted by Gasteiger charge is 2.31. The summed E-state index contributed by atoms with van der Waals surface area (Å²) in [6.07, 6.45) is 8.50. The maximum absolute atomic E-state index is 6.06. The van der Waals surface area contributed by atoms with Crippen LogP contribution in [0.2, 0.25) is 0 Å². The maximum Gasteiger partial charge on any atom is 0.0109 e. The zero-order valence-corrected chi connectivity index (χ0v) is 11.0. The lowest BCUT2D eigenvalue weighted by Gasteiger charge is -2.42. The van der Waals surface area contributed by atoms with Crippen molar-refractivity contribution in [1.82, 2.24) is 4.90 Å². The van der Waals surface area contributed by atoms with E-state index >= 15 is 0 Å². The van der Waals surface area contributed by atoms with E-state index < -0.39 is 0 Å². The molecule has 2 heteroatoms. The molecule has 2 rings (SSSR count). The summed E-state index contributed by atoms with van der Waals surface area (Å²) in [7, 11) is 0. The Hall–Kier alpha value is -0.0800. The number of nitrogens with zero attached hydrogens (tertiary/aromatic N) is 1. The predicted octanol–water partition coefficient (Wildman–Crippen LogP) is 2.63. The van der Waals surface area contributed by atoms with Crippen LogP contribution in [0.5, 0.6) is 0 Å². The molecule has 2 atom stereocenters. The van der Waals surface area contributed by atoms with Crippen molar-refractivity contribution in [2.45, 2.75) is 57.9 Å². The quantitative estimate of drug-likeness (QED) is 0.798. The predicted molar refractivity (Wildman–Crippen MR) is 69.4 cm³/mol. The van der Waals surface area contributed by atoms with Gasteiger partial charge in [-0.05, 0) is 58.0 Å². The lowest BCUT2D eigenvalue weighted by atomic mass is 9.75. The second-order valence-corrected chi connectivity index (χ2v) is 6.63. The zero-order chi connectivity index (χ0) is 11.6. The van der Waals surface area contributed by atoms with Crippen molar-refractivity contribution in [3.05, 3.63) is 0 Å². The number of likely N-dealkylation sites (tertiary alicyclic amines) is 1. The standard InChI is InChI=1S/C14H28N2/c1-14(2,15)8-10-16-9-7-12-5-3-4-6-13(12)11-16/h12-13H,3-11,15H2,1-2H3. The first-order valence-corrected chi connectivity index (χ1v) is 7.06. The van der Waals surface area contributed by atoms with Crippen molar-refractivity contribution in [2.24, 2.45) is 17.6 Å². The minimum absolute atomic E-state index is 0.00339. The molecule has 1 saturated heterocycles. The Morgan fingerprint density at radius 3 is 2.50 bits per heavy atom. The van der Waals surface area contributed by atoms with E-state index in [-0.39, 0.29) is 5.54 Å². The molecule has 16 heavy (non-hydrogen) atoms. The third-order valence-electron chi connectivity index (χ3n) is 4.45. The number of fused-ring (bicyclic) bond motifs is 1. The van der Waals surface area contributed by atoms with Crippen LogP contribution in [0.1, 0.15) is 52.4 Å². The fourth-order valence-electron chi connectivity index (χ4n) is 3.33. The van der Waals surface area contributed by atoms with Crippen molar-refractivity contribution >= 4 is 0 Å². The van der Waals surface area contributed by atoms with Crippen LogP contribution in [0.4, 0.5) is 0 Å². The molecule has 0 aromatic carbocycles. The van der Waals surface area contributed by atoms with Crippen LogP contribution in [-0.4, -0.2) is 30.1 Å². The van der Waals surface area contributed by atoms with E-state index in [2.05, 4.69) is 18.7 Å². The van der Waals surface area contributed by atoms with Gasteiger partial charge in [0.2, 0.25) is 0 Å². The first-order chi connectivity index (χ1) is 7.54. The second-order valence-electron chi connectivity index (χ2n) is 6.63. The Kier molecular flexibility index (Phi) is 3.91. The molecule has 2 nitrogen and oxygen atoms in total. The summed E-state index contributed by atoms with van der Waals surface area (Å²) >= 11 is 0. The molecule has 0 bridgehead atoms. The SMILES string of the molecule is CC(C)(N)CCN1CCC2CCCCC2C1. The summed E-state index contributed by atoms with van der Waals surface area (Å²) in [5.41, 5.74) is 6.06. The van der Waals surface area contributed by atoms with Gasteiger partial charge < -0.3 is 10.6 Å². The normalized spacial score (nSPS) is 32.4. The fraction of sp³-hybridized carbons (Fsp3) is 1.00. The topological polar surface area (TPSA) is 29.3 Å². The molecule has 1 aliphatic carbocycles. The van der Waals surface area contributed by atoms with Crippen molar-refractivity contribution in [3.63, 3.8) is 0 Å². The Bertz CT molecular complexity index is 219. The van der Waals surface area contributed by atoms with Gasteiger partial charge in [0, 0.05) is 12.1 Å². The number of hydrogen-bond acceptors (Lipinski definition) is 2. The van der Waals surface area contributed by atoms with Gasteiger partial charge >= 0.3 is 0 Å². The maximum atomic E-state index is 6.06. The molecule has 2 N–H and O–H groups in total. The molecular formula is C14H28N2.